The number of carbonyl (C=O) groups excluding carboxylic acids is 1. The first-order chi connectivity index (χ1) is 2.83. The van der Waals surface area contributed by atoms with E-state index in [9.17, 15) is 0 Å². The Kier molecular flexibility index (Phi) is 64.0. The highest BCUT2D eigenvalue weighted by Gasteiger charge is 1.40. The fourth-order valence-electron chi connectivity index (χ4n) is 0. The molecule has 0 unspecified atom stereocenters. The van der Waals surface area contributed by atoms with Gasteiger partial charge in [0.05, 0.1) is 2.43 Å². The molecular formula is C2H7I2NO2. The lowest BCUT2D eigenvalue weighted by atomic mass is 11.5. The topological polar surface area (TPSA) is 74.6 Å². The molecule has 46 valence electrons. The normalized spacial score (nSPS) is 4.29. The van der Waals surface area contributed by atoms with Gasteiger partial charge in [-0.1, -0.05) is 45.2 Å². The van der Waals surface area contributed by atoms with Crippen LogP contribution >= 0.6 is 45.2 Å². The molecule has 0 saturated carbocycles. The molecule has 7 heavy (non-hydrogen) atoms. The van der Waals surface area contributed by atoms with Crippen LogP contribution in [-0.4, -0.2) is 14.3 Å². The molecule has 5 heteroatoms. The van der Waals surface area contributed by atoms with Gasteiger partial charge in [0.1, 0.15) is 0 Å². The van der Waals surface area contributed by atoms with Gasteiger partial charge in [-0.25, -0.2) is 0 Å². The highest BCUT2D eigenvalue weighted by atomic mass is 127. The SMILES string of the molecule is ICI.NC=O.O. The fourth-order valence-corrected chi connectivity index (χ4v) is 0. The number of halogens is 2. The molecule has 0 aromatic carbocycles. The highest BCUT2D eigenvalue weighted by molar-refractivity contribution is 14.2. The van der Waals surface area contributed by atoms with Gasteiger partial charge in [0, 0.05) is 0 Å². The van der Waals surface area contributed by atoms with Gasteiger partial charge in [-0.15, -0.1) is 0 Å². The minimum atomic E-state index is 0. The molecule has 0 spiro atoms. The summed E-state index contributed by atoms with van der Waals surface area (Å²) in [6, 6.07) is 0. The van der Waals surface area contributed by atoms with E-state index in [0.717, 1.165) is 0 Å². The Bertz CT molecular complexity index is 27.7. The van der Waals surface area contributed by atoms with Crippen molar-refractivity contribution in [3.63, 3.8) is 0 Å². The third kappa shape index (κ3) is 208. The third-order valence-corrected chi connectivity index (χ3v) is 0. The minimum Gasteiger partial charge on any atom is -0.412 e. The average molecular weight is 331 g/mol. The first kappa shape index (κ1) is 15.7. The van der Waals surface area contributed by atoms with Crippen LogP contribution in [0.4, 0.5) is 0 Å². The highest BCUT2D eigenvalue weighted by Crippen LogP contribution is 1.86. The van der Waals surface area contributed by atoms with Crippen LogP contribution in [0.15, 0.2) is 0 Å². The summed E-state index contributed by atoms with van der Waals surface area (Å²) < 4.78 is 1.19. The summed E-state index contributed by atoms with van der Waals surface area (Å²) in [5.74, 6) is 0. The summed E-state index contributed by atoms with van der Waals surface area (Å²) in [6.07, 6.45) is 0.250. The summed E-state index contributed by atoms with van der Waals surface area (Å²) in [5, 5.41) is 0. The molecular weight excluding hydrogens is 324 g/mol. The Hall–Kier alpha value is 0.890. The van der Waals surface area contributed by atoms with Crippen LogP contribution in [0.1, 0.15) is 0 Å². The van der Waals surface area contributed by atoms with Crippen LogP contribution in [-0.2, 0) is 4.79 Å². The van der Waals surface area contributed by atoms with Crippen LogP contribution in [0, 0.1) is 0 Å². The molecule has 0 bridgehead atoms. The molecule has 0 aromatic heterocycles. The van der Waals surface area contributed by atoms with E-state index in [1.54, 1.807) is 0 Å². The van der Waals surface area contributed by atoms with Crippen molar-refractivity contribution in [3.05, 3.63) is 0 Å². The molecule has 0 rings (SSSR count). The Morgan fingerprint density at radius 3 is 1.57 bits per heavy atom. The molecule has 0 atom stereocenters. The summed E-state index contributed by atoms with van der Waals surface area (Å²) in [7, 11) is 0. The number of primary amides is 1. The van der Waals surface area contributed by atoms with Gasteiger partial charge >= 0.3 is 0 Å². The standard InChI is InChI=1S/CH2I2.CH3NO.H2O/c2*2-1-3;/h1H2;1H,(H2,2,3);1H2. The average Bonchev–Trinajstić information content (AvgIpc) is 1.39. The molecule has 0 radical (unpaired) electrons. The van der Waals surface area contributed by atoms with Crippen molar-refractivity contribution < 1.29 is 10.3 Å². The zero-order chi connectivity index (χ0) is 5.41. The molecule has 4 N–H and O–H groups in total. The Morgan fingerprint density at radius 1 is 1.57 bits per heavy atom. The Labute approximate surface area is 69.6 Å². The van der Waals surface area contributed by atoms with Gasteiger partial charge in [-0.05, 0) is 0 Å². The molecule has 0 heterocycles. The number of rotatable bonds is 0. The van der Waals surface area contributed by atoms with Crippen molar-refractivity contribution in [1.29, 1.82) is 0 Å². The van der Waals surface area contributed by atoms with E-state index >= 15 is 0 Å². The minimum absolute atomic E-state index is 0. The van der Waals surface area contributed by atoms with E-state index in [2.05, 4.69) is 50.9 Å². The van der Waals surface area contributed by atoms with Crippen LogP contribution in [0.3, 0.4) is 0 Å². The first-order valence-corrected chi connectivity index (χ1v) is 4.15. The maximum Gasteiger partial charge on any atom is 0.204 e. The number of amides is 1. The second-order valence-electron chi connectivity index (χ2n) is 0.237. The zero-order valence-electron chi connectivity index (χ0n) is 3.53. The molecule has 0 fully saturated rings. The second-order valence-corrected chi connectivity index (χ2v) is 4.68. The molecule has 3 nitrogen and oxygen atoms in total. The van der Waals surface area contributed by atoms with E-state index in [4.69, 9.17) is 4.79 Å². The number of alkyl halides is 2. The Morgan fingerprint density at radius 2 is 1.57 bits per heavy atom. The van der Waals surface area contributed by atoms with E-state index in [0.29, 0.717) is 0 Å². The lowest BCUT2D eigenvalue weighted by Gasteiger charge is -1.43. The molecule has 0 aliphatic heterocycles. The molecule has 0 aliphatic carbocycles. The summed E-state index contributed by atoms with van der Waals surface area (Å²) in [5.41, 5.74) is 4.17. The molecule has 0 saturated heterocycles. The predicted octanol–water partition coefficient (Wildman–Crippen LogP) is 0.0907. The van der Waals surface area contributed by atoms with Gasteiger partial charge < -0.3 is 11.2 Å². The van der Waals surface area contributed by atoms with Crippen LogP contribution in [0.2, 0.25) is 0 Å². The molecule has 0 aliphatic rings. The number of hydrogen-bond acceptors (Lipinski definition) is 1. The van der Waals surface area contributed by atoms with Crippen molar-refractivity contribution in [2.75, 3.05) is 2.43 Å². The van der Waals surface area contributed by atoms with Crippen molar-refractivity contribution in [3.8, 4) is 0 Å². The van der Waals surface area contributed by atoms with Gasteiger partial charge in [0.25, 0.3) is 0 Å². The van der Waals surface area contributed by atoms with Crippen molar-refractivity contribution in [1.82, 2.24) is 0 Å². The summed E-state index contributed by atoms with van der Waals surface area (Å²) >= 11 is 4.55. The third-order valence-electron chi connectivity index (χ3n) is 0. The lowest BCUT2D eigenvalue weighted by molar-refractivity contribution is -0.106. The zero-order valence-corrected chi connectivity index (χ0v) is 7.84. The van der Waals surface area contributed by atoms with Crippen LogP contribution < -0.4 is 5.73 Å². The van der Waals surface area contributed by atoms with Crippen LogP contribution in [0.25, 0.3) is 0 Å². The maximum atomic E-state index is 8.58. The smallest absolute Gasteiger partial charge is 0.204 e. The van der Waals surface area contributed by atoms with Gasteiger partial charge in [0.15, 0.2) is 0 Å². The van der Waals surface area contributed by atoms with E-state index in [1.807, 2.05) is 0 Å². The van der Waals surface area contributed by atoms with Crippen molar-refractivity contribution in [2.24, 2.45) is 5.73 Å². The van der Waals surface area contributed by atoms with Gasteiger partial charge in [0.2, 0.25) is 6.41 Å². The summed E-state index contributed by atoms with van der Waals surface area (Å²) in [6.45, 7) is 0. The van der Waals surface area contributed by atoms with Crippen LogP contribution in [0.5, 0.6) is 0 Å². The monoisotopic (exact) mass is 331 g/mol. The van der Waals surface area contributed by atoms with Crippen molar-refractivity contribution >= 4 is 51.6 Å². The number of carbonyl (C=O) groups is 1. The predicted molar refractivity (Wildman–Crippen MR) is 46.8 cm³/mol. The molecule has 0 aromatic rings. The van der Waals surface area contributed by atoms with E-state index < -0.39 is 0 Å². The quantitative estimate of drug-likeness (QED) is 0.381. The molecule has 1 amide bonds. The van der Waals surface area contributed by atoms with Crippen molar-refractivity contribution in [2.45, 2.75) is 0 Å². The number of nitrogens with two attached hydrogens (primary N) is 1. The lowest BCUT2D eigenvalue weighted by Crippen LogP contribution is -1.82. The van der Waals surface area contributed by atoms with E-state index in [1.165, 1.54) is 2.43 Å². The van der Waals surface area contributed by atoms with Gasteiger partial charge in [-0.2, -0.15) is 0 Å². The number of hydrogen-bond donors (Lipinski definition) is 1. The largest absolute Gasteiger partial charge is 0.412 e. The second kappa shape index (κ2) is 28.6. The summed E-state index contributed by atoms with van der Waals surface area (Å²) in [4.78, 5) is 8.58. The first-order valence-electron chi connectivity index (χ1n) is 1.10. The van der Waals surface area contributed by atoms with E-state index in [-0.39, 0.29) is 11.9 Å². The van der Waals surface area contributed by atoms with Gasteiger partial charge in [-0.3, -0.25) is 4.79 Å². The maximum absolute atomic E-state index is 8.58. The Balaban J connectivity index is -0.0000000400. The fraction of sp³-hybridized carbons (Fsp3) is 0.500.